The minimum atomic E-state index is -4.45. The lowest BCUT2D eigenvalue weighted by molar-refractivity contribution is -0.145. The van der Waals surface area contributed by atoms with E-state index >= 15 is 0 Å². The molecule has 36 heavy (non-hydrogen) atoms. The van der Waals surface area contributed by atoms with E-state index in [-0.39, 0.29) is 42.8 Å². The number of carbonyl (C=O) groups excluding carboxylic acids is 1. The molecule has 6 unspecified atom stereocenters. The predicted molar refractivity (Wildman–Crippen MR) is 123 cm³/mol. The largest absolute Gasteiger partial charge is 0.417 e. The van der Waals surface area contributed by atoms with Gasteiger partial charge in [-0.1, -0.05) is 0 Å². The topological polar surface area (TPSA) is 72.9 Å². The molecule has 2 saturated carbocycles. The van der Waals surface area contributed by atoms with Crippen molar-refractivity contribution in [2.45, 2.75) is 88.1 Å². The molecule has 0 radical (unpaired) electrons. The van der Waals surface area contributed by atoms with Crippen LogP contribution in [0.5, 0.6) is 0 Å². The molecule has 1 aromatic heterocycles. The summed E-state index contributed by atoms with van der Waals surface area (Å²) in [7, 11) is 1.69. The Hall–Kier alpha value is -1.75. The SMILES string of the molecule is COC1COCCC1NC1CC2OC(C3CC3)CC2(C(=O)N2CCc3ncc(C(F)(F)F)cc3C2)C1. The molecule has 6 atom stereocenters. The fourth-order valence-corrected chi connectivity index (χ4v) is 6.85. The molecule has 7 nitrogen and oxygen atoms in total. The maximum absolute atomic E-state index is 14.2. The van der Waals surface area contributed by atoms with Crippen molar-refractivity contribution < 1.29 is 32.2 Å². The molecule has 0 aromatic carbocycles. The van der Waals surface area contributed by atoms with Gasteiger partial charge >= 0.3 is 6.18 Å². The smallest absolute Gasteiger partial charge is 0.379 e. The number of aromatic nitrogens is 1. The summed E-state index contributed by atoms with van der Waals surface area (Å²) in [6.07, 6.45) is 2.08. The average molecular weight is 510 g/mol. The second-order valence-corrected chi connectivity index (χ2v) is 11.2. The Morgan fingerprint density at radius 2 is 2.11 bits per heavy atom. The monoisotopic (exact) mass is 509 g/mol. The van der Waals surface area contributed by atoms with Crippen LogP contribution in [0, 0.1) is 11.3 Å². The average Bonchev–Trinajstić information content (AvgIpc) is 3.57. The zero-order valence-electron chi connectivity index (χ0n) is 20.6. The van der Waals surface area contributed by atoms with Crippen LogP contribution in [0.4, 0.5) is 13.2 Å². The van der Waals surface area contributed by atoms with Crippen LogP contribution in [0.15, 0.2) is 12.3 Å². The van der Waals surface area contributed by atoms with Gasteiger partial charge in [0.05, 0.1) is 35.9 Å². The highest BCUT2D eigenvalue weighted by Crippen LogP contribution is 2.55. The number of methoxy groups -OCH3 is 1. The van der Waals surface area contributed by atoms with Crippen LogP contribution in [0.3, 0.4) is 0 Å². The first-order chi connectivity index (χ1) is 17.3. The number of amides is 1. The van der Waals surface area contributed by atoms with Gasteiger partial charge in [-0.05, 0) is 56.1 Å². The number of hydrogen-bond acceptors (Lipinski definition) is 6. The van der Waals surface area contributed by atoms with Gasteiger partial charge in [0.15, 0.2) is 0 Å². The number of alkyl halides is 3. The van der Waals surface area contributed by atoms with Crippen molar-refractivity contribution in [3.63, 3.8) is 0 Å². The van der Waals surface area contributed by atoms with Gasteiger partial charge in [-0.15, -0.1) is 0 Å². The van der Waals surface area contributed by atoms with Gasteiger partial charge in [-0.2, -0.15) is 13.2 Å². The van der Waals surface area contributed by atoms with Crippen LogP contribution in [0.1, 0.15) is 55.3 Å². The van der Waals surface area contributed by atoms with Gasteiger partial charge in [0, 0.05) is 57.2 Å². The number of ether oxygens (including phenoxy) is 3. The Morgan fingerprint density at radius 3 is 2.86 bits per heavy atom. The van der Waals surface area contributed by atoms with Gasteiger partial charge in [-0.25, -0.2) is 0 Å². The van der Waals surface area contributed by atoms with Gasteiger partial charge in [0.25, 0.3) is 0 Å². The Kier molecular flexibility index (Phi) is 6.29. The minimum absolute atomic E-state index is 0.0262. The van der Waals surface area contributed by atoms with E-state index in [4.69, 9.17) is 14.2 Å². The summed E-state index contributed by atoms with van der Waals surface area (Å²) in [5, 5.41) is 3.74. The number of nitrogens with zero attached hydrogens (tertiary/aromatic N) is 2. The highest BCUT2D eigenvalue weighted by Gasteiger charge is 2.62. The first-order valence-corrected chi connectivity index (χ1v) is 13.1. The molecule has 1 amide bonds. The number of fused-ring (bicyclic) bond motifs is 2. The molecule has 10 heteroatoms. The van der Waals surface area contributed by atoms with E-state index in [0.29, 0.717) is 56.2 Å². The number of hydrogen-bond donors (Lipinski definition) is 1. The number of pyridine rings is 1. The second-order valence-electron chi connectivity index (χ2n) is 11.2. The summed E-state index contributed by atoms with van der Waals surface area (Å²) in [6, 6.07) is 1.44. The van der Waals surface area contributed by atoms with Crippen LogP contribution >= 0.6 is 0 Å². The fourth-order valence-electron chi connectivity index (χ4n) is 6.85. The molecule has 1 N–H and O–H groups in total. The zero-order chi connectivity index (χ0) is 25.1. The van der Waals surface area contributed by atoms with E-state index in [2.05, 4.69) is 10.3 Å². The van der Waals surface area contributed by atoms with Crippen molar-refractivity contribution in [1.82, 2.24) is 15.2 Å². The van der Waals surface area contributed by atoms with Crippen LogP contribution in [-0.4, -0.2) is 73.1 Å². The fraction of sp³-hybridized carbons (Fsp3) is 0.769. The van der Waals surface area contributed by atoms with E-state index in [0.717, 1.165) is 37.9 Å². The van der Waals surface area contributed by atoms with Crippen molar-refractivity contribution in [3.8, 4) is 0 Å². The van der Waals surface area contributed by atoms with Gasteiger partial charge in [-0.3, -0.25) is 9.78 Å². The maximum Gasteiger partial charge on any atom is 0.417 e. The Labute approximate surface area is 209 Å². The van der Waals surface area contributed by atoms with E-state index in [1.807, 2.05) is 0 Å². The quantitative estimate of drug-likeness (QED) is 0.658. The van der Waals surface area contributed by atoms with Crippen molar-refractivity contribution >= 4 is 5.91 Å². The predicted octanol–water partition coefficient (Wildman–Crippen LogP) is 3.09. The molecule has 4 fully saturated rings. The summed E-state index contributed by atoms with van der Waals surface area (Å²) in [5.74, 6) is 0.555. The van der Waals surface area contributed by atoms with E-state index < -0.39 is 17.2 Å². The molecular formula is C26H34F3N3O4. The van der Waals surface area contributed by atoms with Crippen LogP contribution in [0.25, 0.3) is 0 Å². The molecule has 0 bridgehead atoms. The number of carbonyl (C=O) groups is 1. The molecule has 2 aliphatic carbocycles. The second kappa shape index (κ2) is 9.22. The third-order valence-electron chi connectivity index (χ3n) is 8.91. The highest BCUT2D eigenvalue weighted by atomic mass is 19.4. The third kappa shape index (κ3) is 4.44. The maximum atomic E-state index is 14.2. The molecule has 0 spiro atoms. The lowest BCUT2D eigenvalue weighted by Crippen LogP contribution is -2.51. The molecular weight excluding hydrogens is 475 g/mol. The number of rotatable bonds is 5. The lowest BCUT2D eigenvalue weighted by atomic mass is 9.78. The highest BCUT2D eigenvalue weighted by molar-refractivity contribution is 5.84. The zero-order valence-corrected chi connectivity index (χ0v) is 20.6. The van der Waals surface area contributed by atoms with Crippen LogP contribution < -0.4 is 5.32 Å². The van der Waals surface area contributed by atoms with E-state index in [1.54, 1.807) is 12.0 Å². The van der Waals surface area contributed by atoms with Crippen molar-refractivity contribution in [3.05, 3.63) is 29.1 Å². The summed E-state index contributed by atoms with van der Waals surface area (Å²) in [4.78, 5) is 20.0. The van der Waals surface area contributed by atoms with E-state index in [1.165, 1.54) is 0 Å². The molecule has 5 aliphatic rings. The molecule has 4 heterocycles. The van der Waals surface area contributed by atoms with Crippen LogP contribution in [-0.2, 0) is 38.1 Å². The number of halogens is 3. The first kappa shape index (κ1) is 24.6. The lowest BCUT2D eigenvalue weighted by Gasteiger charge is -2.37. The Bertz CT molecular complexity index is 1000. The summed E-state index contributed by atoms with van der Waals surface area (Å²) in [5.41, 5.74) is -0.256. The normalized spacial score (nSPS) is 36.6. The molecule has 6 rings (SSSR count). The van der Waals surface area contributed by atoms with Crippen molar-refractivity contribution in [1.29, 1.82) is 0 Å². The summed E-state index contributed by atoms with van der Waals surface area (Å²) >= 11 is 0. The van der Waals surface area contributed by atoms with Gasteiger partial charge in [0.2, 0.25) is 5.91 Å². The molecule has 2 saturated heterocycles. The molecule has 3 aliphatic heterocycles. The van der Waals surface area contributed by atoms with E-state index in [9.17, 15) is 18.0 Å². The third-order valence-corrected chi connectivity index (χ3v) is 8.91. The number of nitrogens with one attached hydrogen (secondary N) is 1. The molecule has 1 aromatic rings. The van der Waals surface area contributed by atoms with Crippen LogP contribution in [0.2, 0.25) is 0 Å². The first-order valence-electron chi connectivity index (χ1n) is 13.1. The standard InChI is InChI=1S/C26H34F3N3O4/c1-34-22-14-35-7-5-20(22)31-18-9-23-25(10-18,11-21(36-23)15-2-3-15)24(33)32-6-4-19-16(13-32)8-17(12-30-19)26(27,28)29/h8,12,15,18,20-23,31H,2-7,9-11,13-14H2,1H3. The Morgan fingerprint density at radius 1 is 1.28 bits per heavy atom. The van der Waals surface area contributed by atoms with Gasteiger partial charge < -0.3 is 24.4 Å². The minimum Gasteiger partial charge on any atom is -0.379 e. The Balaban J connectivity index is 1.21. The summed E-state index contributed by atoms with van der Waals surface area (Å²) in [6.45, 7) is 1.86. The van der Waals surface area contributed by atoms with Crippen molar-refractivity contribution in [2.75, 3.05) is 26.9 Å². The van der Waals surface area contributed by atoms with Crippen molar-refractivity contribution in [2.24, 2.45) is 11.3 Å². The summed E-state index contributed by atoms with van der Waals surface area (Å²) < 4.78 is 57.6. The van der Waals surface area contributed by atoms with Gasteiger partial charge in [0.1, 0.15) is 0 Å². The molecule has 198 valence electrons.